The minimum atomic E-state index is -0.949. The molecule has 0 spiro atoms. The number of carbonyl (C=O) groups is 2. The first-order valence-electron chi connectivity index (χ1n) is 8.88. The molecule has 0 radical (unpaired) electrons. The Balaban J connectivity index is 2.29. The molecule has 2 rings (SSSR count). The summed E-state index contributed by atoms with van der Waals surface area (Å²) in [6.07, 6.45) is 0.897. The van der Waals surface area contributed by atoms with E-state index in [2.05, 4.69) is 10.6 Å². The number of non-ortho nitro benzene ring substituents is 2. The lowest BCUT2D eigenvalue weighted by atomic mass is 10.0. The zero-order valence-electron chi connectivity index (χ0n) is 15.7. The van der Waals surface area contributed by atoms with Crippen molar-refractivity contribution in [1.29, 1.82) is 0 Å². The van der Waals surface area contributed by atoms with Crippen molar-refractivity contribution < 1.29 is 19.4 Å². The Morgan fingerprint density at radius 2 is 1.59 bits per heavy atom. The highest BCUT2D eigenvalue weighted by Gasteiger charge is 2.25. The van der Waals surface area contributed by atoms with Crippen LogP contribution >= 0.6 is 0 Å². The summed E-state index contributed by atoms with van der Waals surface area (Å²) in [5.74, 6) is -1.23. The number of nitro benzene ring substituents is 2. The summed E-state index contributed by atoms with van der Waals surface area (Å²) in [6.45, 7) is 2.30. The molecule has 0 saturated carbocycles. The lowest BCUT2D eigenvalue weighted by molar-refractivity contribution is -0.394. The van der Waals surface area contributed by atoms with Crippen LogP contribution in [0.15, 0.2) is 48.5 Å². The van der Waals surface area contributed by atoms with Gasteiger partial charge in [0.25, 0.3) is 17.3 Å². The van der Waals surface area contributed by atoms with E-state index < -0.39 is 39.1 Å². The standard InChI is InChI=1S/C19H20N4O6/c1-2-8-20-19(25)17(9-13-6-4-3-5-7-13)21-18(24)14-10-15(22(26)27)12-16(11-14)23(28)29/h3-7,10-12,17H,2,8-9H2,1H3,(H,20,25)(H,21,24)/t17-/m1/s1. The Labute approximate surface area is 166 Å². The number of nitro groups is 2. The molecule has 0 saturated heterocycles. The third-order valence-electron chi connectivity index (χ3n) is 4.04. The fourth-order valence-corrected chi connectivity index (χ4v) is 2.61. The van der Waals surface area contributed by atoms with Crippen LogP contribution in [0.25, 0.3) is 0 Å². The number of amides is 2. The SMILES string of the molecule is CCCNC(=O)[C@@H](Cc1ccccc1)NC(=O)c1cc([N+](=O)[O-])cc([N+](=O)[O-])c1. The maximum Gasteiger partial charge on any atom is 0.277 e. The fraction of sp³-hybridized carbons (Fsp3) is 0.263. The van der Waals surface area contributed by atoms with Gasteiger partial charge in [-0.2, -0.15) is 0 Å². The first-order valence-corrected chi connectivity index (χ1v) is 8.88. The lowest BCUT2D eigenvalue weighted by Gasteiger charge is -2.18. The van der Waals surface area contributed by atoms with Gasteiger partial charge in [-0.05, 0) is 12.0 Å². The van der Waals surface area contributed by atoms with Crippen molar-refractivity contribution in [3.63, 3.8) is 0 Å². The predicted octanol–water partition coefficient (Wildman–Crippen LogP) is 2.37. The Morgan fingerprint density at radius 1 is 1.00 bits per heavy atom. The monoisotopic (exact) mass is 400 g/mol. The Morgan fingerprint density at radius 3 is 2.10 bits per heavy atom. The van der Waals surface area contributed by atoms with E-state index in [0.717, 1.165) is 23.8 Å². The van der Waals surface area contributed by atoms with Crippen LogP contribution in [0.3, 0.4) is 0 Å². The van der Waals surface area contributed by atoms with E-state index in [-0.39, 0.29) is 12.0 Å². The molecule has 2 N–H and O–H groups in total. The topological polar surface area (TPSA) is 144 Å². The fourth-order valence-electron chi connectivity index (χ4n) is 2.61. The maximum atomic E-state index is 12.6. The average molecular weight is 400 g/mol. The number of carbonyl (C=O) groups excluding carboxylic acids is 2. The van der Waals surface area contributed by atoms with E-state index in [1.54, 1.807) is 24.3 Å². The summed E-state index contributed by atoms with van der Waals surface area (Å²) in [5.41, 5.74) is -0.638. The molecule has 152 valence electrons. The second-order valence-electron chi connectivity index (χ2n) is 6.26. The van der Waals surface area contributed by atoms with Gasteiger partial charge in [0.2, 0.25) is 5.91 Å². The van der Waals surface area contributed by atoms with Crippen molar-refractivity contribution in [2.45, 2.75) is 25.8 Å². The molecule has 2 amide bonds. The molecule has 0 fully saturated rings. The van der Waals surface area contributed by atoms with E-state index in [0.29, 0.717) is 13.0 Å². The molecule has 0 aliphatic heterocycles. The van der Waals surface area contributed by atoms with E-state index in [1.807, 2.05) is 13.0 Å². The second-order valence-corrected chi connectivity index (χ2v) is 6.26. The Kier molecular flexibility index (Phi) is 7.35. The van der Waals surface area contributed by atoms with E-state index in [1.165, 1.54) is 0 Å². The van der Waals surface area contributed by atoms with Crippen LogP contribution in [0.1, 0.15) is 29.3 Å². The number of nitrogens with one attached hydrogen (secondary N) is 2. The third kappa shape index (κ3) is 6.09. The number of hydrogen-bond donors (Lipinski definition) is 2. The van der Waals surface area contributed by atoms with Crippen LogP contribution in [0.2, 0.25) is 0 Å². The van der Waals surface area contributed by atoms with Gasteiger partial charge in [-0.25, -0.2) is 0 Å². The summed E-state index contributed by atoms with van der Waals surface area (Å²) >= 11 is 0. The van der Waals surface area contributed by atoms with Gasteiger partial charge in [0, 0.05) is 25.1 Å². The smallest absolute Gasteiger partial charge is 0.277 e. The minimum Gasteiger partial charge on any atom is -0.354 e. The van der Waals surface area contributed by atoms with Crippen molar-refractivity contribution in [2.24, 2.45) is 0 Å². The van der Waals surface area contributed by atoms with E-state index in [4.69, 9.17) is 0 Å². The molecule has 0 aliphatic rings. The van der Waals surface area contributed by atoms with Gasteiger partial charge in [0.1, 0.15) is 6.04 Å². The Bertz CT molecular complexity index is 884. The molecule has 0 heterocycles. The van der Waals surface area contributed by atoms with Crippen LogP contribution in [0, 0.1) is 20.2 Å². The van der Waals surface area contributed by atoms with Gasteiger partial charge in [-0.3, -0.25) is 29.8 Å². The zero-order valence-corrected chi connectivity index (χ0v) is 15.7. The summed E-state index contributed by atoms with van der Waals surface area (Å²) in [6, 6.07) is 10.7. The minimum absolute atomic E-state index is 0.194. The quantitative estimate of drug-likeness (QED) is 0.488. The summed E-state index contributed by atoms with van der Waals surface area (Å²) < 4.78 is 0. The van der Waals surface area contributed by atoms with Crippen LogP contribution in [-0.2, 0) is 11.2 Å². The van der Waals surface area contributed by atoms with Gasteiger partial charge in [-0.15, -0.1) is 0 Å². The lowest BCUT2D eigenvalue weighted by Crippen LogP contribution is -2.48. The van der Waals surface area contributed by atoms with Gasteiger partial charge in [0.15, 0.2) is 0 Å². The van der Waals surface area contributed by atoms with E-state index >= 15 is 0 Å². The Hall–Kier alpha value is -3.82. The molecule has 10 nitrogen and oxygen atoms in total. The molecular formula is C19H20N4O6. The van der Waals surface area contributed by atoms with Crippen molar-refractivity contribution in [3.8, 4) is 0 Å². The molecule has 1 atom stereocenters. The maximum absolute atomic E-state index is 12.6. The van der Waals surface area contributed by atoms with Gasteiger partial charge < -0.3 is 10.6 Å². The highest BCUT2D eigenvalue weighted by atomic mass is 16.6. The van der Waals surface area contributed by atoms with Crippen molar-refractivity contribution in [3.05, 3.63) is 79.9 Å². The molecule has 0 aromatic heterocycles. The van der Waals surface area contributed by atoms with Crippen molar-refractivity contribution in [1.82, 2.24) is 10.6 Å². The number of hydrogen-bond acceptors (Lipinski definition) is 6. The number of nitrogens with zero attached hydrogens (tertiary/aromatic N) is 2. The van der Waals surface area contributed by atoms with Crippen LogP contribution in [0.5, 0.6) is 0 Å². The highest BCUT2D eigenvalue weighted by Crippen LogP contribution is 2.22. The highest BCUT2D eigenvalue weighted by molar-refractivity contribution is 5.98. The molecule has 2 aromatic carbocycles. The predicted molar refractivity (Wildman–Crippen MR) is 104 cm³/mol. The van der Waals surface area contributed by atoms with Crippen molar-refractivity contribution >= 4 is 23.2 Å². The molecule has 29 heavy (non-hydrogen) atoms. The van der Waals surface area contributed by atoms with E-state index in [9.17, 15) is 29.8 Å². The van der Waals surface area contributed by atoms with Gasteiger partial charge >= 0.3 is 0 Å². The largest absolute Gasteiger partial charge is 0.354 e. The summed E-state index contributed by atoms with van der Waals surface area (Å²) in [4.78, 5) is 45.5. The van der Waals surface area contributed by atoms with Gasteiger partial charge in [-0.1, -0.05) is 37.3 Å². The number of benzene rings is 2. The normalized spacial score (nSPS) is 11.3. The molecule has 0 unspecified atom stereocenters. The zero-order chi connectivity index (χ0) is 21.4. The average Bonchev–Trinajstić information content (AvgIpc) is 2.71. The van der Waals surface area contributed by atoms with Crippen molar-refractivity contribution in [2.75, 3.05) is 6.54 Å². The van der Waals surface area contributed by atoms with Crippen LogP contribution in [0.4, 0.5) is 11.4 Å². The number of rotatable bonds is 9. The first kappa shape index (κ1) is 21.5. The second kappa shape index (κ2) is 9.93. The first-order chi connectivity index (χ1) is 13.8. The summed E-state index contributed by atoms with van der Waals surface area (Å²) in [7, 11) is 0. The molecule has 10 heteroatoms. The van der Waals surface area contributed by atoms with Crippen LogP contribution < -0.4 is 10.6 Å². The third-order valence-corrected chi connectivity index (χ3v) is 4.04. The molecule has 2 aromatic rings. The molecular weight excluding hydrogens is 380 g/mol. The molecule has 0 bridgehead atoms. The van der Waals surface area contributed by atoms with Crippen LogP contribution in [-0.4, -0.2) is 34.2 Å². The van der Waals surface area contributed by atoms with Gasteiger partial charge in [0.05, 0.1) is 21.5 Å². The summed E-state index contributed by atoms with van der Waals surface area (Å²) in [5, 5.41) is 27.3. The molecule has 0 aliphatic carbocycles.